The summed E-state index contributed by atoms with van der Waals surface area (Å²) in [4.78, 5) is 13.1. The summed E-state index contributed by atoms with van der Waals surface area (Å²) in [7, 11) is 0. The van der Waals surface area contributed by atoms with Gasteiger partial charge in [0.1, 0.15) is 10.6 Å². The molecule has 0 unspecified atom stereocenters. The molecule has 2 heterocycles. The van der Waals surface area contributed by atoms with E-state index in [9.17, 15) is 0 Å². The van der Waals surface area contributed by atoms with Crippen molar-refractivity contribution in [3.8, 4) is 0 Å². The maximum absolute atomic E-state index is 6.08. The van der Waals surface area contributed by atoms with E-state index in [1.165, 1.54) is 16.1 Å². The van der Waals surface area contributed by atoms with Crippen molar-refractivity contribution in [2.24, 2.45) is 0 Å². The molecule has 0 atom stereocenters. The minimum Gasteiger partial charge on any atom is -0.372 e. The van der Waals surface area contributed by atoms with E-state index in [4.69, 9.17) is 11.6 Å². The van der Waals surface area contributed by atoms with Gasteiger partial charge < -0.3 is 10.2 Å². The molecule has 0 aliphatic rings. The summed E-state index contributed by atoms with van der Waals surface area (Å²) in [6.07, 6.45) is 0. The predicted octanol–water partition coefficient (Wildman–Crippen LogP) is 5.55. The zero-order valence-corrected chi connectivity index (χ0v) is 15.9. The first-order valence-corrected chi connectivity index (χ1v) is 9.27. The standard InChI is InChI=1S/C18H21ClN4S/c1-5-23(6-2)13-7-8-15(11(3)9-13)20-16-14-10-12(4)24-17(14)22-18(19)21-16/h7-10H,5-6H2,1-4H3,(H,20,21,22). The van der Waals surface area contributed by atoms with Crippen LogP contribution in [0.5, 0.6) is 0 Å². The second kappa shape index (κ2) is 6.95. The van der Waals surface area contributed by atoms with Gasteiger partial charge in [0.15, 0.2) is 0 Å². The van der Waals surface area contributed by atoms with Gasteiger partial charge in [-0.25, -0.2) is 4.98 Å². The normalized spacial score (nSPS) is 11.0. The number of anilines is 3. The van der Waals surface area contributed by atoms with E-state index in [2.05, 4.69) is 72.1 Å². The first-order valence-electron chi connectivity index (χ1n) is 8.08. The fraction of sp³-hybridized carbons (Fsp3) is 0.333. The number of rotatable bonds is 5. The predicted molar refractivity (Wildman–Crippen MR) is 105 cm³/mol. The zero-order valence-electron chi connectivity index (χ0n) is 14.4. The fourth-order valence-corrected chi connectivity index (χ4v) is 3.91. The highest BCUT2D eigenvalue weighted by Crippen LogP contribution is 2.32. The third kappa shape index (κ3) is 3.32. The molecule has 1 aromatic carbocycles. The highest BCUT2D eigenvalue weighted by atomic mass is 35.5. The summed E-state index contributed by atoms with van der Waals surface area (Å²) in [6, 6.07) is 8.54. The number of benzene rings is 1. The molecule has 4 nitrogen and oxygen atoms in total. The number of hydrogen-bond acceptors (Lipinski definition) is 5. The highest BCUT2D eigenvalue weighted by Gasteiger charge is 2.12. The molecule has 3 aromatic rings. The van der Waals surface area contributed by atoms with Crippen molar-refractivity contribution in [2.45, 2.75) is 27.7 Å². The van der Waals surface area contributed by atoms with E-state index in [1.54, 1.807) is 11.3 Å². The third-order valence-corrected chi connectivity index (χ3v) is 5.19. The minimum absolute atomic E-state index is 0.268. The number of nitrogens with zero attached hydrogens (tertiary/aromatic N) is 3. The average Bonchev–Trinajstić information content (AvgIpc) is 2.91. The van der Waals surface area contributed by atoms with E-state index in [-0.39, 0.29) is 5.28 Å². The van der Waals surface area contributed by atoms with Crippen molar-refractivity contribution in [3.05, 3.63) is 40.0 Å². The molecule has 0 aliphatic heterocycles. The summed E-state index contributed by atoms with van der Waals surface area (Å²) in [5.74, 6) is 0.757. The van der Waals surface area contributed by atoms with Gasteiger partial charge in [0, 0.05) is 29.3 Å². The van der Waals surface area contributed by atoms with Crippen LogP contribution < -0.4 is 10.2 Å². The Morgan fingerprint density at radius 1 is 1.12 bits per heavy atom. The lowest BCUT2D eigenvalue weighted by Crippen LogP contribution is -2.21. The summed E-state index contributed by atoms with van der Waals surface area (Å²) in [5, 5.41) is 4.70. The molecular weight excluding hydrogens is 340 g/mol. The summed E-state index contributed by atoms with van der Waals surface area (Å²) >= 11 is 7.71. The number of thiophene rings is 1. The van der Waals surface area contributed by atoms with Crippen LogP contribution in [-0.4, -0.2) is 23.1 Å². The Morgan fingerprint density at radius 3 is 2.54 bits per heavy atom. The maximum atomic E-state index is 6.08. The number of halogens is 1. The Bertz CT molecular complexity index is 871. The van der Waals surface area contributed by atoms with Gasteiger partial charge in [0.05, 0.1) is 5.39 Å². The number of fused-ring (bicyclic) bond motifs is 1. The van der Waals surface area contributed by atoms with Gasteiger partial charge in [-0.05, 0) is 69.1 Å². The van der Waals surface area contributed by atoms with E-state index < -0.39 is 0 Å². The van der Waals surface area contributed by atoms with Gasteiger partial charge in [-0.1, -0.05) is 0 Å². The number of aromatic nitrogens is 2. The van der Waals surface area contributed by atoms with Crippen molar-refractivity contribution < 1.29 is 0 Å². The zero-order chi connectivity index (χ0) is 17.3. The first kappa shape index (κ1) is 17.0. The number of nitrogens with one attached hydrogen (secondary N) is 1. The van der Waals surface area contributed by atoms with Crippen LogP contribution in [0.2, 0.25) is 5.28 Å². The van der Waals surface area contributed by atoms with Gasteiger partial charge in [0.2, 0.25) is 5.28 Å². The molecule has 0 radical (unpaired) electrons. The van der Waals surface area contributed by atoms with Crippen molar-refractivity contribution >= 4 is 50.3 Å². The SMILES string of the molecule is CCN(CC)c1ccc(Nc2nc(Cl)nc3sc(C)cc23)c(C)c1. The fourth-order valence-electron chi connectivity index (χ4n) is 2.81. The van der Waals surface area contributed by atoms with Gasteiger partial charge in [0.25, 0.3) is 0 Å². The summed E-state index contributed by atoms with van der Waals surface area (Å²) in [5.41, 5.74) is 3.44. The topological polar surface area (TPSA) is 41.0 Å². The smallest absolute Gasteiger partial charge is 0.225 e. The number of aryl methyl sites for hydroxylation is 2. The molecule has 2 aromatic heterocycles. The molecule has 0 saturated heterocycles. The Balaban J connectivity index is 1.97. The van der Waals surface area contributed by atoms with Crippen LogP contribution in [0.15, 0.2) is 24.3 Å². The Morgan fingerprint density at radius 2 is 1.88 bits per heavy atom. The lowest BCUT2D eigenvalue weighted by Gasteiger charge is -2.22. The second-order valence-electron chi connectivity index (χ2n) is 5.71. The lowest BCUT2D eigenvalue weighted by molar-refractivity contribution is 0.866. The summed E-state index contributed by atoms with van der Waals surface area (Å²) in [6.45, 7) is 10.5. The molecule has 24 heavy (non-hydrogen) atoms. The summed E-state index contributed by atoms with van der Waals surface area (Å²) < 4.78 is 0. The second-order valence-corrected chi connectivity index (χ2v) is 7.29. The van der Waals surface area contributed by atoms with Gasteiger partial charge in [-0.15, -0.1) is 11.3 Å². The van der Waals surface area contributed by atoms with Crippen molar-refractivity contribution in [2.75, 3.05) is 23.3 Å². The minimum atomic E-state index is 0.268. The van der Waals surface area contributed by atoms with Crippen LogP contribution in [-0.2, 0) is 0 Å². The molecule has 0 spiro atoms. The highest BCUT2D eigenvalue weighted by molar-refractivity contribution is 7.18. The monoisotopic (exact) mass is 360 g/mol. The number of hydrogen-bond donors (Lipinski definition) is 1. The van der Waals surface area contributed by atoms with Crippen LogP contribution in [0.4, 0.5) is 17.2 Å². The van der Waals surface area contributed by atoms with Crippen LogP contribution >= 0.6 is 22.9 Å². The molecule has 126 valence electrons. The van der Waals surface area contributed by atoms with Crippen LogP contribution in [0.3, 0.4) is 0 Å². The quantitative estimate of drug-likeness (QED) is 0.605. The lowest BCUT2D eigenvalue weighted by atomic mass is 10.1. The average molecular weight is 361 g/mol. The van der Waals surface area contributed by atoms with Crippen molar-refractivity contribution in [3.63, 3.8) is 0 Å². The molecule has 0 bridgehead atoms. The third-order valence-electron chi connectivity index (χ3n) is 4.08. The molecule has 0 amide bonds. The Kier molecular flexibility index (Phi) is 4.92. The van der Waals surface area contributed by atoms with Gasteiger partial charge in [-0.2, -0.15) is 4.98 Å². The molecule has 0 aliphatic carbocycles. The Labute approximate surface area is 151 Å². The van der Waals surface area contributed by atoms with E-state index in [0.717, 1.165) is 34.8 Å². The van der Waals surface area contributed by atoms with Crippen LogP contribution in [0.25, 0.3) is 10.2 Å². The molecule has 3 rings (SSSR count). The Hall–Kier alpha value is -1.85. The van der Waals surface area contributed by atoms with Gasteiger partial charge in [-0.3, -0.25) is 0 Å². The largest absolute Gasteiger partial charge is 0.372 e. The maximum Gasteiger partial charge on any atom is 0.225 e. The van der Waals surface area contributed by atoms with Crippen LogP contribution in [0.1, 0.15) is 24.3 Å². The molecule has 0 saturated carbocycles. The molecule has 6 heteroatoms. The van der Waals surface area contributed by atoms with E-state index >= 15 is 0 Å². The van der Waals surface area contributed by atoms with Crippen molar-refractivity contribution in [1.29, 1.82) is 0 Å². The van der Waals surface area contributed by atoms with Crippen LogP contribution in [0, 0.1) is 13.8 Å². The molecule has 0 fully saturated rings. The van der Waals surface area contributed by atoms with E-state index in [0.29, 0.717) is 0 Å². The van der Waals surface area contributed by atoms with Crippen molar-refractivity contribution in [1.82, 2.24) is 9.97 Å². The molecular formula is C18H21ClN4S. The first-order chi connectivity index (χ1) is 11.5. The molecule has 1 N–H and O–H groups in total. The van der Waals surface area contributed by atoms with Gasteiger partial charge >= 0.3 is 0 Å². The van der Waals surface area contributed by atoms with E-state index in [1.807, 2.05) is 0 Å².